The zero-order valence-corrected chi connectivity index (χ0v) is 12.1. The largest absolute Gasteiger partial charge is 0.381 e. The van der Waals surface area contributed by atoms with E-state index in [1.807, 2.05) is 24.4 Å². The molecule has 0 aliphatic carbocycles. The van der Waals surface area contributed by atoms with Gasteiger partial charge in [-0.1, -0.05) is 6.07 Å². The first-order chi connectivity index (χ1) is 9.75. The lowest BCUT2D eigenvalue weighted by atomic mass is 10.0. The number of H-pyrrole nitrogens is 1. The molecule has 1 saturated heterocycles. The van der Waals surface area contributed by atoms with Crippen LogP contribution in [0.15, 0.2) is 23.7 Å². The molecule has 106 valence electrons. The number of thiophene rings is 1. The predicted molar refractivity (Wildman–Crippen MR) is 77.0 cm³/mol. The summed E-state index contributed by atoms with van der Waals surface area (Å²) in [6.45, 7) is 3.39. The summed E-state index contributed by atoms with van der Waals surface area (Å²) in [5.41, 5.74) is 1.52. The molecule has 1 amide bonds. The van der Waals surface area contributed by atoms with Gasteiger partial charge in [-0.25, -0.2) is 0 Å². The van der Waals surface area contributed by atoms with Gasteiger partial charge in [-0.2, -0.15) is 5.10 Å². The summed E-state index contributed by atoms with van der Waals surface area (Å²) in [7, 11) is 0. The molecule has 2 N–H and O–H groups in total. The van der Waals surface area contributed by atoms with Crippen molar-refractivity contribution in [1.82, 2.24) is 15.5 Å². The highest BCUT2D eigenvalue weighted by molar-refractivity contribution is 7.10. The zero-order valence-electron chi connectivity index (χ0n) is 11.3. The van der Waals surface area contributed by atoms with E-state index in [-0.39, 0.29) is 17.9 Å². The maximum absolute atomic E-state index is 12.4. The minimum atomic E-state index is -0.0819. The molecule has 0 radical (unpaired) electrons. The standard InChI is InChI=1S/C14H17N3O2S/c1-9(12-3-2-6-20-12)16-14(18)11-7-15-17-13(11)10-4-5-19-8-10/h2-3,6-7,9-10H,4-5,8H2,1H3,(H,15,17)(H,16,18)/t9-,10-/m1/s1. The van der Waals surface area contributed by atoms with E-state index in [9.17, 15) is 4.79 Å². The highest BCUT2D eigenvalue weighted by Crippen LogP contribution is 2.26. The van der Waals surface area contributed by atoms with E-state index in [1.165, 1.54) is 0 Å². The zero-order chi connectivity index (χ0) is 13.9. The highest BCUT2D eigenvalue weighted by atomic mass is 32.1. The van der Waals surface area contributed by atoms with Crippen LogP contribution < -0.4 is 5.32 Å². The molecule has 0 spiro atoms. The van der Waals surface area contributed by atoms with Gasteiger partial charge in [0, 0.05) is 17.4 Å². The molecule has 1 aliphatic heterocycles. The van der Waals surface area contributed by atoms with Crippen LogP contribution in [0.4, 0.5) is 0 Å². The van der Waals surface area contributed by atoms with E-state index in [2.05, 4.69) is 15.5 Å². The average molecular weight is 291 g/mol. The first-order valence-electron chi connectivity index (χ1n) is 6.71. The summed E-state index contributed by atoms with van der Waals surface area (Å²) < 4.78 is 5.38. The Hall–Kier alpha value is -1.66. The summed E-state index contributed by atoms with van der Waals surface area (Å²) in [4.78, 5) is 13.5. The summed E-state index contributed by atoms with van der Waals surface area (Å²) in [5.74, 6) is 0.164. The molecular weight excluding hydrogens is 274 g/mol. The maximum atomic E-state index is 12.4. The Labute approximate surface area is 121 Å². The Morgan fingerprint density at radius 2 is 2.55 bits per heavy atom. The van der Waals surface area contributed by atoms with Gasteiger partial charge in [0.05, 0.1) is 30.1 Å². The van der Waals surface area contributed by atoms with Crippen LogP contribution in [0.2, 0.25) is 0 Å². The first kappa shape index (κ1) is 13.3. The van der Waals surface area contributed by atoms with Crippen LogP contribution in [0.1, 0.15) is 46.2 Å². The van der Waals surface area contributed by atoms with E-state index in [0.717, 1.165) is 23.6 Å². The Bertz CT molecular complexity index is 573. The molecule has 0 unspecified atom stereocenters. The third-order valence-corrected chi connectivity index (χ3v) is 4.62. The van der Waals surface area contributed by atoms with Gasteiger partial charge in [-0.15, -0.1) is 11.3 Å². The number of carbonyl (C=O) groups is 1. The molecule has 2 aromatic heterocycles. The Morgan fingerprint density at radius 3 is 3.25 bits per heavy atom. The number of amides is 1. The predicted octanol–water partition coefficient (Wildman–Crippen LogP) is 2.47. The molecule has 20 heavy (non-hydrogen) atoms. The fourth-order valence-corrected chi connectivity index (χ4v) is 3.17. The Balaban J connectivity index is 1.72. The number of nitrogens with zero attached hydrogens (tertiary/aromatic N) is 1. The van der Waals surface area contributed by atoms with Crippen molar-refractivity contribution >= 4 is 17.2 Å². The molecular formula is C14H17N3O2S. The number of hydrogen-bond donors (Lipinski definition) is 2. The van der Waals surface area contributed by atoms with E-state index >= 15 is 0 Å². The molecule has 2 aromatic rings. The van der Waals surface area contributed by atoms with E-state index in [0.29, 0.717) is 12.2 Å². The molecule has 0 bridgehead atoms. The first-order valence-corrected chi connectivity index (χ1v) is 7.59. The van der Waals surface area contributed by atoms with E-state index < -0.39 is 0 Å². The SMILES string of the molecule is C[C@@H](NC(=O)c1cn[nH]c1[C@@H]1CCOC1)c1cccs1. The van der Waals surface area contributed by atoms with Crippen molar-refractivity contribution in [2.45, 2.75) is 25.3 Å². The fraction of sp³-hybridized carbons (Fsp3) is 0.429. The highest BCUT2D eigenvalue weighted by Gasteiger charge is 2.25. The Kier molecular flexibility index (Phi) is 3.84. The van der Waals surface area contributed by atoms with Gasteiger partial charge in [-0.05, 0) is 24.8 Å². The van der Waals surface area contributed by atoms with E-state index in [4.69, 9.17) is 4.74 Å². The number of hydrogen-bond acceptors (Lipinski definition) is 4. The quantitative estimate of drug-likeness (QED) is 0.909. The smallest absolute Gasteiger partial charge is 0.255 e. The number of nitrogens with one attached hydrogen (secondary N) is 2. The molecule has 5 nitrogen and oxygen atoms in total. The number of aromatic amines is 1. The third kappa shape index (κ3) is 2.62. The summed E-state index contributed by atoms with van der Waals surface area (Å²) in [5, 5.41) is 12.0. The monoisotopic (exact) mass is 291 g/mol. The fourth-order valence-electron chi connectivity index (χ4n) is 2.43. The number of rotatable bonds is 4. The molecule has 2 atom stereocenters. The van der Waals surface area contributed by atoms with Gasteiger partial charge >= 0.3 is 0 Å². The van der Waals surface area contributed by atoms with Crippen molar-refractivity contribution in [3.05, 3.63) is 39.8 Å². The van der Waals surface area contributed by atoms with Crippen LogP contribution in [0.25, 0.3) is 0 Å². The van der Waals surface area contributed by atoms with Crippen molar-refractivity contribution in [3.8, 4) is 0 Å². The van der Waals surface area contributed by atoms with Crippen molar-refractivity contribution in [2.24, 2.45) is 0 Å². The minimum absolute atomic E-state index is 0.00470. The van der Waals surface area contributed by atoms with Gasteiger partial charge in [0.25, 0.3) is 5.91 Å². The number of ether oxygens (including phenoxy) is 1. The molecule has 0 saturated carbocycles. The lowest BCUT2D eigenvalue weighted by Crippen LogP contribution is -2.27. The molecule has 3 heterocycles. The normalized spacial score (nSPS) is 19.9. The minimum Gasteiger partial charge on any atom is -0.381 e. The van der Waals surface area contributed by atoms with Gasteiger partial charge in [0.15, 0.2) is 0 Å². The second-order valence-electron chi connectivity index (χ2n) is 4.97. The van der Waals surface area contributed by atoms with Crippen LogP contribution in [-0.2, 0) is 4.74 Å². The van der Waals surface area contributed by atoms with E-state index in [1.54, 1.807) is 17.5 Å². The van der Waals surface area contributed by atoms with Crippen LogP contribution in [-0.4, -0.2) is 29.3 Å². The van der Waals surface area contributed by atoms with Crippen molar-refractivity contribution in [3.63, 3.8) is 0 Å². The molecule has 1 fully saturated rings. The van der Waals surface area contributed by atoms with Crippen LogP contribution in [0.3, 0.4) is 0 Å². The van der Waals surface area contributed by atoms with Crippen LogP contribution in [0, 0.1) is 0 Å². The van der Waals surface area contributed by atoms with Gasteiger partial charge in [0.1, 0.15) is 0 Å². The molecule has 3 rings (SSSR count). The van der Waals surface area contributed by atoms with Gasteiger partial charge < -0.3 is 10.1 Å². The summed E-state index contributed by atoms with van der Waals surface area (Å²) in [6.07, 6.45) is 2.53. The average Bonchev–Trinajstić information content (AvgIpc) is 3.19. The van der Waals surface area contributed by atoms with Crippen molar-refractivity contribution < 1.29 is 9.53 Å². The third-order valence-electron chi connectivity index (χ3n) is 3.57. The van der Waals surface area contributed by atoms with Crippen molar-refractivity contribution in [1.29, 1.82) is 0 Å². The molecule has 1 aliphatic rings. The second kappa shape index (κ2) is 5.76. The lowest BCUT2D eigenvalue weighted by molar-refractivity contribution is 0.0939. The number of aromatic nitrogens is 2. The Morgan fingerprint density at radius 1 is 1.65 bits per heavy atom. The summed E-state index contributed by atoms with van der Waals surface area (Å²) in [6, 6.07) is 4.02. The van der Waals surface area contributed by atoms with Crippen molar-refractivity contribution in [2.75, 3.05) is 13.2 Å². The van der Waals surface area contributed by atoms with Gasteiger partial charge in [0.2, 0.25) is 0 Å². The maximum Gasteiger partial charge on any atom is 0.255 e. The molecule has 0 aromatic carbocycles. The summed E-state index contributed by atoms with van der Waals surface area (Å²) >= 11 is 1.64. The van der Waals surface area contributed by atoms with Gasteiger partial charge in [-0.3, -0.25) is 9.89 Å². The van der Waals surface area contributed by atoms with Crippen LogP contribution in [0.5, 0.6) is 0 Å². The van der Waals surface area contributed by atoms with Crippen LogP contribution >= 0.6 is 11.3 Å². The molecule has 6 heteroatoms. The second-order valence-corrected chi connectivity index (χ2v) is 5.95. The lowest BCUT2D eigenvalue weighted by Gasteiger charge is -2.13. The topological polar surface area (TPSA) is 67.0 Å². The number of carbonyl (C=O) groups excluding carboxylic acids is 1.